The number of carbonyl (C=O) groups excluding carboxylic acids is 1. The van der Waals surface area contributed by atoms with Crippen LogP contribution in [0.2, 0.25) is 0 Å². The summed E-state index contributed by atoms with van der Waals surface area (Å²) in [4.78, 5) is 18.1. The maximum Gasteiger partial charge on any atom is 0.281 e. The van der Waals surface area contributed by atoms with Crippen LogP contribution >= 0.6 is 0 Å². The van der Waals surface area contributed by atoms with E-state index in [1.54, 1.807) is 39.5 Å². The minimum atomic E-state index is -0.365. The van der Waals surface area contributed by atoms with E-state index >= 15 is 0 Å². The number of rotatable bonds is 9. The Kier molecular flexibility index (Phi) is 7.15. The monoisotopic (exact) mass is 474 g/mol. The molecule has 0 saturated carbocycles. The zero-order chi connectivity index (χ0) is 24.8. The average Bonchev–Trinajstić information content (AvgIpc) is 3.35. The fourth-order valence-corrected chi connectivity index (χ4v) is 3.45. The normalized spacial score (nSPS) is 10.5. The van der Waals surface area contributed by atoms with Crippen molar-refractivity contribution in [2.45, 2.75) is 6.54 Å². The Morgan fingerprint density at radius 2 is 1.43 bits per heavy atom. The first-order valence-corrected chi connectivity index (χ1v) is 10.8. The predicted molar refractivity (Wildman–Crippen MR) is 132 cm³/mol. The number of nitrogens with zero attached hydrogens (tertiary/aromatic N) is 3. The van der Waals surface area contributed by atoms with Crippen molar-refractivity contribution >= 4 is 11.9 Å². The molecular formula is C26H26N4O5. The maximum atomic E-state index is 13.5. The molecule has 0 radical (unpaired) electrons. The van der Waals surface area contributed by atoms with Gasteiger partial charge in [-0.3, -0.25) is 4.79 Å². The molecule has 3 aromatic carbocycles. The molecule has 0 aliphatic carbocycles. The first-order valence-electron chi connectivity index (χ1n) is 10.8. The SMILES string of the molecule is COc1ccc(CNc2nc(-c3ccc(OC)cc3)nn2C(=O)c2ccc(OC)c(OC)c2)cc1. The maximum absolute atomic E-state index is 13.5. The summed E-state index contributed by atoms with van der Waals surface area (Å²) < 4.78 is 22.3. The molecule has 0 spiro atoms. The highest BCUT2D eigenvalue weighted by Crippen LogP contribution is 2.29. The Morgan fingerprint density at radius 3 is 2.03 bits per heavy atom. The molecule has 0 unspecified atom stereocenters. The first kappa shape index (κ1) is 23.6. The quantitative estimate of drug-likeness (QED) is 0.384. The number of hydrogen-bond donors (Lipinski definition) is 1. The second-order valence-electron chi connectivity index (χ2n) is 7.48. The molecular weight excluding hydrogens is 448 g/mol. The van der Waals surface area contributed by atoms with Crippen LogP contribution in [0.4, 0.5) is 5.95 Å². The number of hydrogen-bond acceptors (Lipinski definition) is 8. The Hall–Kier alpha value is -4.53. The van der Waals surface area contributed by atoms with Crippen molar-refractivity contribution in [3.8, 4) is 34.4 Å². The van der Waals surface area contributed by atoms with Crippen molar-refractivity contribution < 1.29 is 23.7 Å². The molecule has 35 heavy (non-hydrogen) atoms. The van der Waals surface area contributed by atoms with Crippen molar-refractivity contribution in [3.05, 3.63) is 77.9 Å². The molecule has 180 valence electrons. The summed E-state index contributed by atoms with van der Waals surface area (Å²) in [5.74, 6) is 2.80. The molecule has 0 atom stereocenters. The molecule has 9 nitrogen and oxygen atoms in total. The van der Waals surface area contributed by atoms with Gasteiger partial charge in [-0.15, -0.1) is 5.10 Å². The van der Waals surface area contributed by atoms with Crippen LogP contribution in [0.1, 0.15) is 15.9 Å². The van der Waals surface area contributed by atoms with Crippen LogP contribution < -0.4 is 24.3 Å². The van der Waals surface area contributed by atoms with Crippen LogP contribution in [0.5, 0.6) is 23.0 Å². The molecule has 1 aromatic heterocycles. The second-order valence-corrected chi connectivity index (χ2v) is 7.48. The lowest BCUT2D eigenvalue weighted by Crippen LogP contribution is -2.17. The van der Waals surface area contributed by atoms with E-state index in [0.717, 1.165) is 16.9 Å². The Morgan fingerprint density at radius 1 is 0.800 bits per heavy atom. The van der Waals surface area contributed by atoms with E-state index in [-0.39, 0.29) is 5.91 Å². The zero-order valence-corrected chi connectivity index (χ0v) is 19.9. The molecule has 9 heteroatoms. The number of benzene rings is 3. The Balaban J connectivity index is 1.68. The number of nitrogens with one attached hydrogen (secondary N) is 1. The van der Waals surface area contributed by atoms with Crippen LogP contribution in [0.3, 0.4) is 0 Å². The van der Waals surface area contributed by atoms with Gasteiger partial charge in [-0.05, 0) is 60.2 Å². The third-order valence-electron chi connectivity index (χ3n) is 5.39. The molecule has 0 aliphatic heterocycles. The van der Waals surface area contributed by atoms with E-state index in [0.29, 0.717) is 41.1 Å². The lowest BCUT2D eigenvalue weighted by atomic mass is 10.2. The molecule has 0 aliphatic rings. The van der Waals surface area contributed by atoms with Gasteiger partial charge in [-0.1, -0.05) is 12.1 Å². The minimum absolute atomic E-state index is 0.312. The lowest BCUT2D eigenvalue weighted by Gasteiger charge is -2.10. The molecule has 0 bridgehead atoms. The van der Waals surface area contributed by atoms with Crippen LogP contribution in [0.25, 0.3) is 11.4 Å². The summed E-state index contributed by atoms with van der Waals surface area (Å²) in [6.07, 6.45) is 0. The van der Waals surface area contributed by atoms with Gasteiger partial charge in [0.25, 0.3) is 5.91 Å². The van der Waals surface area contributed by atoms with Crippen LogP contribution in [0, 0.1) is 0 Å². The van der Waals surface area contributed by atoms with Gasteiger partial charge in [-0.25, -0.2) is 0 Å². The van der Waals surface area contributed by atoms with E-state index in [9.17, 15) is 4.79 Å². The Bertz CT molecular complexity index is 1300. The van der Waals surface area contributed by atoms with Gasteiger partial charge in [0.05, 0.1) is 28.4 Å². The lowest BCUT2D eigenvalue weighted by molar-refractivity contribution is 0.0947. The predicted octanol–water partition coefficient (Wildman–Crippen LogP) is 4.28. The van der Waals surface area contributed by atoms with Gasteiger partial charge in [0.1, 0.15) is 11.5 Å². The molecule has 4 rings (SSSR count). The molecule has 0 amide bonds. The van der Waals surface area contributed by atoms with Crippen LogP contribution in [-0.4, -0.2) is 49.1 Å². The van der Waals surface area contributed by atoms with Crippen molar-refractivity contribution in [1.82, 2.24) is 14.8 Å². The minimum Gasteiger partial charge on any atom is -0.497 e. The van der Waals surface area contributed by atoms with Crippen molar-refractivity contribution in [1.29, 1.82) is 0 Å². The molecule has 0 fully saturated rings. The summed E-state index contributed by atoms with van der Waals surface area (Å²) in [5.41, 5.74) is 2.11. The van der Waals surface area contributed by atoms with E-state index < -0.39 is 0 Å². The van der Waals surface area contributed by atoms with Gasteiger partial charge < -0.3 is 24.3 Å². The highest BCUT2D eigenvalue weighted by atomic mass is 16.5. The molecule has 1 N–H and O–H groups in total. The van der Waals surface area contributed by atoms with Crippen molar-refractivity contribution in [2.75, 3.05) is 33.8 Å². The number of anilines is 1. The summed E-state index contributed by atoms with van der Waals surface area (Å²) in [6.45, 7) is 0.434. The van der Waals surface area contributed by atoms with Crippen molar-refractivity contribution in [2.24, 2.45) is 0 Å². The zero-order valence-electron chi connectivity index (χ0n) is 19.9. The van der Waals surface area contributed by atoms with E-state index in [1.807, 2.05) is 48.5 Å². The summed E-state index contributed by atoms with van der Waals surface area (Å²) in [5, 5.41) is 7.74. The highest BCUT2D eigenvalue weighted by Gasteiger charge is 2.20. The molecule has 0 saturated heterocycles. The third-order valence-corrected chi connectivity index (χ3v) is 5.39. The molecule has 1 heterocycles. The standard InChI is InChI=1S/C26H26N4O5/c1-32-20-10-5-17(6-11-20)16-27-26-28-24(18-7-12-21(33-2)13-8-18)29-30(26)25(31)19-9-14-22(34-3)23(15-19)35-4/h5-15H,16H2,1-4H3,(H,27,28,29). The van der Waals surface area contributed by atoms with Crippen LogP contribution in [0.15, 0.2) is 66.7 Å². The van der Waals surface area contributed by atoms with Crippen molar-refractivity contribution in [3.63, 3.8) is 0 Å². The van der Waals surface area contributed by atoms with Gasteiger partial charge in [0, 0.05) is 17.7 Å². The fraction of sp³-hybridized carbons (Fsp3) is 0.192. The summed E-state index contributed by atoms with van der Waals surface area (Å²) in [6, 6.07) is 19.9. The van der Waals surface area contributed by atoms with Crippen LogP contribution in [-0.2, 0) is 6.54 Å². The average molecular weight is 475 g/mol. The van der Waals surface area contributed by atoms with Gasteiger partial charge in [-0.2, -0.15) is 9.67 Å². The topological polar surface area (TPSA) is 96.7 Å². The van der Waals surface area contributed by atoms with Gasteiger partial charge in [0.15, 0.2) is 17.3 Å². The molecule has 4 aromatic rings. The number of aromatic nitrogens is 3. The largest absolute Gasteiger partial charge is 0.497 e. The van der Waals surface area contributed by atoms with E-state index in [2.05, 4.69) is 15.4 Å². The Labute approximate surface area is 203 Å². The second kappa shape index (κ2) is 10.6. The highest BCUT2D eigenvalue weighted by molar-refractivity contribution is 5.97. The fourth-order valence-electron chi connectivity index (χ4n) is 3.45. The summed E-state index contributed by atoms with van der Waals surface area (Å²) >= 11 is 0. The number of carbonyl (C=O) groups is 1. The van der Waals surface area contributed by atoms with E-state index in [4.69, 9.17) is 18.9 Å². The van der Waals surface area contributed by atoms with Gasteiger partial charge in [0.2, 0.25) is 5.95 Å². The first-order chi connectivity index (χ1) is 17.1. The van der Waals surface area contributed by atoms with Gasteiger partial charge >= 0.3 is 0 Å². The summed E-state index contributed by atoms with van der Waals surface area (Å²) in [7, 11) is 6.28. The smallest absolute Gasteiger partial charge is 0.281 e. The number of ether oxygens (including phenoxy) is 4. The van der Waals surface area contributed by atoms with E-state index in [1.165, 1.54) is 11.8 Å². The third kappa shape index (κ3) is 5.19. The number of methoxy groups -OCH3 is 4.